The van der Waals surface area contributed by atoms with Crippen LogP contribution in [-0.4, -0.2) is 30.3 Å². The van der Waals surface area contributed by atoms with Crippen molar-refractivity contribution in [3.63, 3.8) is 0 Å². The van der Waals surface area contributed by atoms with Crippen LogP contribution in [0.4, 0.5) is 0 Å². The van der Waals surface area contributed by atoms with E-state index in [1.807, 2.05) is 35.2 Å². The van der Waals surface area contributed by atoms with E-state index in [0.717, 1.165) is 49.2 Å². The highest BCUT2D eigenvalue weighted by molar-refractivity contribution is 6.14. The van der Waals surface area contributed by atoms with Crippen LogP contribution in [0.15, 0.2) is 53.2 Å². The molecule has 1 saturated heterocycles. The number of rotatable bonds is 5. The van der Waals surface area contributed by atoms with Crippen LogP contribution in [0.2, 0.25) is 0 Å². The Bertz CT molecular complexity index is 1050. The van der Waals surface area contributed by atoms with E-state index in [1.165, 1.54) is 0 Å². The average Bonchev–Trinajstić information content (AvgIpc) is 2.94. The van der Waals surface area contributed by atoms with Crippen LogP contribution in [0.1, 0.15) is 42.4 Å². The van der Waals surface area contributed by atoms with Gasteiger partial charge in [-0.15, -0.1) is 0 Å². The molecule has 0 atom stereocenters. The minimum absolute atomic E-state index is 0.0213. The van der Waals surface area contributed by atoms with Crippen molar-refractivity contribution in [3.8, 4) is 17.6 Å². The molecule has 1 fully saturated rings. The van der Waals surface area contributed by atoms with Gasteiger partial charge < -0.3 is 9.47 Å². The molecule has 2 aliphatic rings. The van der Waals surface area contributed by atoms with Gasteiger partial charge in [0.05, 0.1) is 18.7 Å². The van der Waals surface area contributed by atoms with Crippen molar-refractivity contribution >= 4 is 17.8 Å². The van der Waals surface area contributed by atoms with Gasteiger partial charge in [-0.3, -0.25) is 9.69 Å². The van der Waals surface area contributed by atoms with Gasteiger partial charge in [0.2, 0.25) is 0 Å². The molecule has 0 saturated carbocycles. The zero-order valence-electron chi connectivity index (χ0n) is 16.9. The van der Waals surface area contributed by atoms with Gasteiger partial charge in [-0.2, -0.15) is 5.26 Å². The topological polar surface area (TPSA) is 74.9 Å². The standard InChI is InChI=1S/C24H23N3O3/c1-29-22-14-19(13-20-24(28)27-12-4-2-3-5-23(27)26-20)10-11-21(22)30-16-18-8-6-17(15-25)7-9-18/h6-11,13-14H,2-5,12,16H2,1H3. The van der Waals surface area contributed by atoms with E-state index in [4.69, 9.17) is 14.7 Å². The number of amides is 1. The lowest BCUT2D eigenvalue weighted by Gasteiger charge is -2.14. The van der Waals surface area contributed by atoms with Gasteiger partial charge in [0.25, 0.3) is 5.91 Å². The Labute approximate surface area is 176 Å². The molecule has 0 aromatic heterocycles. The SMILES string of the molecule is COc1cc(C=C2N=C3CCCCCN3C2=O)ccc1OCc1ccc(C#N)cc1. The van der Waals surface area contributed by atoms with Crippen LogP contribution < -0.4 is 9.47 Å². The Balaban J connectivity index is 1.50. The van der Waals surface area contributed by atoms with Crippen molar-refractivity contribution in [1.82, 2.24) is 4.90 Å². The van der Waals surface area contributed by atoms with Crippen LogP contribution in [0.3, 0.4) is 0 Å². The maximum atomic E-state index is 12.7. The lowest BCUT2D eigenvalue weighted by Crippen LogP contribution is -2.31. The third-order valence-corrected chi connectivity index (χ3v) is 5.28. The number of amidine groups is 1. The summed E-state index contributed by atoms with van der Waals surface area (Å²) in [7, 11) is 1.59. The summed E-state index contributed by atoms with van der Waals surface area (Å²) in [5, 5.41) is 8.89. The number of carbonyl (C=O) groups excluding carboxylic acids is 1. The molecule has 30 heavy (non-hydrogen) atoms. The molecule has 2 aromatic rings. The van der Waals surface area contributed by atoms with Gasteiger partial charge in [-0.25, -0.2) is 4.99 Å². The first-order chi connectivity index (χ1) is 14.7. The number of nitrogens with zero attached hydrogens (tertiary/aromatic N) is 3. The second-order valence-corrected chi connectivity index (χ2v) is 7.33. The minimum atomic E-state index is -0.0213. The fourth-order valence-electron chi connectivity index (χ4n) is 3.64. The Morgan fingerprint density at radius 1 is 1.13 bits per heavy atom. The van der Waals surface area contributed by atoms with E-state index in [0.29, 0.717) is 29.4 Å². The average molecular weight is 401 g/mol. The highest BCUT2D eigenvalue weighted by Gasteiger charge is 2.30. The first kappa shape index (κ1) is 19.7. The Morgan fingerprint density at radius 3 is 2.73 bits per heavy atom. The summed E-state index contributed by atoms with van der Waals surface area (Å²) >= 11 is 0. The summed E-state index contributed by atoms with van der Waals surface area (Å²) in [6.07, 6.45) is 5.90. The maximum Gasteiger partial charge on any atom is 0.277 e. The van der Waals surface area contributed by atoms with Crippen LogP contribution in [-0.2, 0) is 11.4 Å². The van der Waals surface area contributed by atoms with E-state index in [-0.39, 0.29) is 5.91 Å². The molecular formula is C24H23N3O3. The highest BCUT2D eigenvalue weighted by atomic mass is 16.5. The molecular weight excluding hydrogens is 378 g/mol. The minimum Gasteiger partial charge on any atom is -0.493 e. The normalized spacial score (nSPS) is 17.2. The summed E-state index contributed by atoms with van der Waals surface area (Å²) in [6.45, 7) is 1.12. The summed E-state index contributed by atoms with van der Waals surface area (Å²) in [5.74, 6) is 2.07. The number of carbonyl (C=O) groups is 1. The van der Waals surface area contributed by atoms with E-state index in [9.17, 15) is 4.79 Å². The molecule has 2 heterocycles. The van der Waals surface area contributed by atoms with Gasteiger partial charge in [0, 0.05) is 13.0 Å². The fourth-order valence-corrected chi connectivity index (χ4v) is 3.64. The lowest BCUT2D eigenvalue weighted by atomic mass is 10.1. The number of hydrogen-bond donors (Lipinski definition) is 0. The first-order valence-corrected chi connectivity index (χ1v) is 10.1. The number of methoxy groups -OCH3 is 1. The fraction of sp³-hybridized carbons (Fsp3) is 0.292. The predicted molar refractivity (Wildman–Crippen MR) is 114 cm³/mol. The number of nitriles is 1. The number of benzene rings is 2. The number of hydrogen-bond acceptors (Lipinski definition) is 5. The van der Waals surface area contributed by atoms with Gasteiger partial charge >= 0.3 is 0 Å². The number of ether oxygens (including phenoxy) is 2. The van der Waals surface area contributed by atoms with Crippen LogP contribution in [0.5, 0.6) is 11.5 Å². The van der Waals surface area contributed by atoms with Crippen molar-refractivity contribution < 1.29 is 14.3 Å². The monoisotopic (exact) mass is 401 g/mol. The number of fused-ring (bicyclic) bond motifs is 1. The Hall–Kier alpha value is -3.59. The molecule has 0 bridgehead atoms. The molecule has 6 nitrogen and oxygen atoms in total. The zero-order valence-corrected chi connectivity index (χ0v) is 16.9. The molecule has 0 unspecified atom stereocenters. The van der Waals surface area contributed by atoms with Crippen molar-refractivity contribution in [3.05, 3.63) is 64.9 Å². The maximum absolute atomic E-state index is 12.7. The van der Waals surface area contributed by atoms with Gasteiger partial charge in [0.1, 0.15) is 18.1 Å². The van der Waals surface area contributed by atoms with Crippen molar-refractivity contribution in [2.45, 2.75) is 32.3 Å². The summed E-state index contributed by atoms with van der Waals surface area (Å²) in [6, 6.07) is 14.9. The summed E-state index contributed by atoms with van der Waals surface area (Å²) < 4.78 is 11.4. The molecule has 2 aromatic carbocycles. The Kier molecular flexibility index (Phi) is 5.80. The molecule has 1 amide bonds. The Morgan fingerprint density at radius 2 is 1.97 bits per heavy atom. The van der Waals surface area contributed by atoms with Crippen molar-refractivity contribution in [1.29, 1.82) is 5.26 Å². The second-order valence-electron chi connectivity index (χ2n) is 7.33. The molecule has 0 radical (unpaired) electrons. The summed E-state index contributed by atoms with van der Waals surface area (Å²) in [4.78, 5) is 19.1. The van der Waals surface area contributed by atoms with Crippen LogP contribution in [0.25, 0.3) is 6.08 Å². The molecule has 152 valence electrons. The smallest absolute Gasteiger partial charge is 0.277 e. The molecule has 4 rings (SSSR count). The van der Waals surface area contributed by atoms with Gasteiger partial charge in [0.15, 0.2) is 11.5 Å². The van der Waals surface area contributed by atoms with E-state index in [2.05, 4.69) is 11.1 Å². The predicted octanol–water partition coefficient (Wildman–Crippen LogP) is 4.30. The molecule has 0 spiro atoms. The quantitative estimate of drug-likeness (QED) is 0.700. The summed E-state index contributed by atoms with van der Waals surface area (Å²) in [5.41, 5.74) is 2.89. The van der Waals surface area contributed by atoms with Crippen LogP contribution >= 0.6 is 0 Å². The van der Waals surface area contributed by atoms with E-state index in [1.54, 1.807) is 25.3 Å². The highest BCUT2D eigenvalue weighted by Crippen LogP contribution is 2.31. The zero-order chi connectivity index (χ0) is 20.9. The lowest BCUT2D eigenvalue weighted by molar-refractivity contribution is -0.122. The van der Waals surface area contributed by atoms with E-state index < -0.39 is 0 Å². The molecule has 2 aliphatic heterocycles. The van der Waals surface area contributed by atoms with Gasteiger partial charge in [-0.1, -0.05) is 24.6 Å². The molecule has 0 aliphatic carbocycles. The molecule has 0 N–H and O–H groups in total. The third-order valence-electron chi connectivity index (χ3n) is 5.28. The van der Waals surface area contributed by atoms with Gasteiger partial charge in [-0.05, 0) is 54.3 Å². The van der Waals surface area contributed by atoms with Crippen molar-refractivity contribution in [2.24, 2.45) is 4.99 Å². The van der Waals surface area contributed by atoms with Crippen molar-refractivity contribution in [2.75, 3.05) is 13.7 Å². The van der Waals surface area contributed by atoms with E-state index >= 15 is 0 Å². The first-order valence-electron chi connectivity index (χ1n) is 10.1. The van der Waals surface area contributed by atoms with Crippen LogP contribution in [0, 0.1) is 11.3 Å². The molecule has 6 heteroatoms. The number of aliphatic imine (C=N–C) groups is 1. The largest absolute Gasteiger partial charge is 0.493 e. The second kappa shape index (κ2) is 8.83. The third kappa shape index (κ3) is 4.20.